The highest BCUT2D eigenvalue weighted by molar-refractivity contribution is 5.93. The molecular weight excluding hydrogens is 388 g/mol. The van der Waals surface area contributed by atoms with Gasteiger partial charge < -0.3 is 10.2 Å². The summed E-state index contributed by atoms with van der Waals surface area (Å²) in [6.07, 6.45) is 3.40. The molecule has 1 aliphatic rings. The first kappa shape index (κ1) is 21.0. The summed E-state index contributed by atoms with van der Waals surface area (Å²) in [4.78, 5) is 24.1. The van der Waals surface area contributed by atoms with Gasteiger partial charge in [0.1, 0.15) is 12.1 Å². The van der Waals surface area contributed by atoms with Crippen LogP contribution in [0.4, 0.5) is 11.5 Å². The summed E-state index contributed by atoms with van der Waals surface area (Å²) < 4.78 is 1.83. The molecule has 1 aliphatic heterocycles. The number of benzene rings is 1. The fourth-order valence-electron chi connectivity index (χ4n) is 4.24. The summed E-state index contributed by atoms with van der Waals surface area (Å²) in [5.41, 5.74) is 4.05. The summed E-state index contributed by atoms with van der Waals surface area (Å²) in [5, 5.41) is 7.69. The predicted molar refractivity (Wildman–Crippen MR) is 123 cm³/mol. The molecule has 0 radical (unpaired) electrons. The van der Waals surface area contributed by atoms with Crippen LogP contribution in [0.1, 0.15) is 49.6 Å². The first-order valence-corrected chi connectivity index (χ1v) is 10.9. The summed E-state index contributed by atoms with van der Waals surface area (Å²) in [6.45, 7) is 9.78. The van der Waals surface area contributed by atoms with E-state index in [4.69, 9.17) is 0 Å². The number of rotatable bonds is 5. The van der Waals surface area contributed by atoms with Crippen LogP contribution >= 0.6 is 0 Å². The molecule has 3 heterocycles. The molecular formula is C24H30N6O. The molecule has 162 valence electrons. The van der Waals surface area contributed by atoms with Crippen LogP contribution in [0.15, 0.2) is 42.7 Å². The molecule has 0 aliphatic carbocycles. The van der Waals surface area contributed by atoms with Gasteiger partial charge in [0.2, 0.25) is 5.91 Å². The number of piperidine rings is 1. The lowest BCUT2D eigenvalue weighted by Gasteiger charge is -2.33. The monoisotopic (exact) mass is 418 g/mol. The average Bonchev–Trinajstić information content (AvgIpc) is 3.12. The highest BCUT2D eigenvalue weighted by Crippen LogP contribution is 2.27. The maximum atomic E-state index is 13.1. The van der Waals surface area contributed by atoms with Crippen molar-refractivity contribution >= 4 is 17.4 Å². The van der Waals surface area contributed by atoms with Crippen molar-refractivity contribution < 1.29 is 4.79 Å². The maximum Gasteiger partial charge on any atom is 0.229 e. The number of amides is 1. The third-order valence-corrected chi connectivity index (χ3v) is 5.82. The molecule has 0 bridgehead atoms. The Morgan fingerprint density at radius 2 is 1.90 bits per heavy atom. The van der Waals surface area contributed by atoms with Crippen LogP contribution in [0.5, 0.6) is 0 Å². The lowest BCUT2D eigenvalue weighted by molar-refractivity contribution is -0.120. The van der Waals surface area contributed by atoms with E-state index in [-0.39, 0.29) is 11.8 Å². The fourth-order valence-corrected chi connectivity index (χ4v) is 4.24. The quantitative estimate of drug-likeness (QED) is 0.670. The van der Waals surface area contributed by atoms with Gasteiger partial charge in [-0.1, -0.05) is 32.0 Å². The molecule has 4 rings (SSSR count). The van der Waals surface area contributed by atoms with Crippen molar-refractivity contribution in [2.45, 2.75) is 46.5 Å². The van der Waals surface area contributed by atoms with E-state index in [1.165, 1.54) is 0 Å². The van der Waals surface area contributed by atoms with Crippen molar-refractivity contribution in [2.75, 3.05) is 23.3 Å². The van der Waals surface area contributed by atoms with Crippen molar-refractivity contribution in [1.82, 2.24) is 19.7 Å². The number of nitrogens with zero attached hydrogens (tertiary/aromatic N) is 5. The van der Waals surface area contributed by atoms with Gasteiger partial charge in [-0.2, -0.15) is 5.10 Å². The highest BCUT2D eigenvalue weighted by atomic mass is 16.1. The predicted octanol–water partition coefficient (Wildman–Crippen LogP) is 4.26. The van der Waals surface area contributed by atoms with Crippen LogP contribution in [0.25, 0.3) is 5.82 Å². The summed E-state index contributed by atoms with van der Waals surface area (Å²) >= 11 is 0. The average molecular weight is 419 g/mol. The summed E-state index contributed by atoms with van der Waals surface area (Å²) in [5.74, 6) is 1.92. The van der Waals surface area contributed by atoms with Crippen LogP contribution in [0.3, 0.4) is 0 Å². The molecule has 1 saturated heterocycles. The molecule has 31 heavy (non-hydrogen) atoms. The van der Waals surface area contributed by atoms with E-state index < -0.39 is 0 Å². The fraction of sp³-hybridized carbons (Fsp3) is 0.417. The van der Waals surface area contributed by atoms with Crippen molar-refractivity contribution in [3.05, 3.63) is 59.7 Å². The Labute approximate surface area is 183 Å². The van der Waals surface area contributed by atoms with E-state index in [0.29, 0.717) is 12.5 Å². The largest absolute Gasteiger partial charge is 0.356 e. The molecule has 1 atom stereocenters. The number of carbonyl (C=O) groups is 1. The minimum absolute atomic E-state index is 0.0747. The molecule has 7 heteroatoms. The van der Waals surface area contributed by atoms with Gasteiger partial charge in [0.05, 0.1) is 11.6 Å². The number of aromatic nitrogens is 4. The number of nitrogens with one attached hydrogen (secondary N) is 1. The molecule has 1 N–H and O–H groups in total. The zero-order valence-corrected chi connectivity index (χ0v) is 18.7. The lowest BCUT2D eigenvalue weighted by atomic mass is 9.96. The Morgan fingerprint density at radius 3 is 2.65 bits per heavy atom. The molecule has 1 unspecified atom stereocenters. The van der Waals surface area contributed by atoms with Gasteiger partial charge in [-0.3, -0.25) is 4.79 Å². The number of hydrogen-bond donors (Lipinski definition) is 1. The Bertz CT molecular complexity index is 1070. The molecule has 3 aromatic rings. The maximum absolute atomic E-state index is 13.1. The van der Waals surface area contributed by atoms with Crippen molar-refractivity contribution in [2.24, 2.45) is 5.92 Å². The first-order valence-electron chi connectivity index (χ1n) is 10.9. The SMILES string of the molecule is Cc1cc(C)n(-c2cc(N3CCCC(C(=O)Nc4ccccc4C(C)C)C3)ncn2)n1. The van der Waals surface area contributed by atoms with Gasteiger partial charge in [-0.05, 0) is 50.3 Å². The Hall–Kier alpha value is -3.22. The Morgan fingerprint density at radius 1 is 1.13 bits per heavy atom. The van der Waals surface area contributed by atoms with Crippen molar-refractivity contribution in [3.63, 3.8) is 0 Å². The zero-order chi connectivity index (χ0) is 22.0. The number of anilines is 2. The first-order chi connectivity index (χ1) is 14.9. The normalized spacial score (nSPS) is 16.5. The smallest absolute Gasteiger partial charge is 0.229 e. The Balaban J connectivity index is 1.50. The third-order valence-electron chi connectivity index (χ3n) is 5.82. The van der Waals surface area contributed by atoms with Gasteiger partial charge >= 0.3 is 0 Å². The van der Waals surface area contributed by atoms with Gasteiger partial charge in [-0.25, -0.2) is 14.6 Å². The highest BCUT2D eigenvalue weighted by Gasteiger charge is 2.27. The molecule has 2 aromatic heterocycles. The van der Waals surface area contributed by atoms with E-state index >= 15 is 0 Å². The van der Waals surface area contributed by atoms with E-state index in [1.807, 2.05) is 48.9 Å². The van der Waals surface area contributed by atoms with Crippen molar-refractivity contribution in [1.29, 1.82) is 0 Å². The van der Waals surface area contributed by atoms with Gasteiger partial charge in [0.15, 0.2) is 5.82 Å². The third kappa shape index (κ3) is 4.60. The van der Waals surface area contributed by atoms with Gasteiger partial charge in [0, 0.05) is 30.5 Å². The van der Waals surface area contributed by atoms with Crippen LogP contribution in [-0.4, -0.2) is 38.7 Å². The number of aryl methyl sites for hydroxylation is 2. The second-order valence-electron chi connectivity index (χ2n) is 8.59. The molecule has 1 aromatic carbocycles. The van der Waals surface area contributed by atoms with Gasteiger partial charge in [-0.15, -0.1) is 0 Å². The minimum Gasteiger partial charge on any atom is -0.356 e. The van der Waals surface area contributed by atoms with E-state index in [9.17, 15) is 4.79 Å². The minimum atomic E-state index is -0.0823. The Kier molecular flexibility index (Phi) is 6.02. The van der Waals surface area contributed by atoms with E-state index in [0.717, 1.165) is 53.7 Å². The molecule has 1 fully saturated rings. The number of hydrogen-bond acceptors (Lipinski definition) is 5. The van der Waals surface area contributed by atoms with Crippen LogP contribution in [0, 0.1) is 19.8 Å². The van der Waals surface area contributed by atoms with E-state index in [2.05, 4.69) is 45.2 Å². The van der Waals surface area contributed by atoms with Crippen molar-refractivity contribution in [3.8, 4) is 5.82 Å². The van der Waals surface area contributed by atoms with Crippen LogP contribution in [0.2, 0.25) is 0 Å². The number of para-hydroxylation sites is 1. The second kappa shape index (κ2) is 8.88. The van der Waals surface area contributed by atoms with Crippen LogP contribution < -0.4 is 10.2 Å². The summed E-state index contributed by atoms with van der Waals surface area (Å²) in [7, 11) is 0. The molecule has 0 spiro atoms. The zero-order valence-electron chi connectivity index (χ0n) is 18.7. The molecule has 0 saturated carbocycles. The molecule has 7 nitrogen and oxygen atoms in total. The van der Waals surface area contributed by atoms with Crippen LogP contribution in [-0.2, 0) is 4.79 Å². The topological polar surface area (TPSA) is 75.9 Å². The second-order valence-corrected chi connectivity index (χ2v) is 8.59. The number of carbonyl (C=O) groups excluding carboxylic acids is 1. The standard InChI is InChI=1S/C24H30N6O/c1-16(2)20-9-5-6-10-21(20)27-24(31)19-8-7-11-29(14-19)22-13-23(26-15-25-22)30-18(4)12-17(3)28-30/h5-6,9-10,12-13,15-16,19H,7-8,11,14H2,1-4H3,(H,27,31). The van der Waals surface area contributed by atoms with Gasteiger partial charge in [0.25, 0.3) is 0 Å². The lowest BCUT2D eigenvalue weighted by Crippen LogP contribution is -2.41. The molecule has 1 amide bonds. The summed E-state index contributed by atoms with van der Waals surface area (Å²) in [6, 6.07) is 12.0. The van der Waals surface area contributed by atoms with E-state index in [1.54, 1.807) is 6.33 Å².